The smallest absolute Gasteiger partial charge is 0.411 e. The molecule has 0 radical (unpaired) electrons. The van der Waals surface area contributed by atoms with Crippen molar-refractivity contribution in [1.29, 1.82) is 0 Å². The zero-order chi connectivity index (χ0) is 19.5. The number of rotatable bonds is 10. The molecule has 0 unspecified atom stereocenters. The molecule has 1 N–H and O–H groups in total. The van der Waals surface area contributed by atoms with Gasteiger partial charge in [0.05, 0.1) is 11.5 Å². The number of hydrogen-bond donors (Lipinski definition) is 1. The fourth-order valence-electron chi connectivity index (χ4n) is 3.17. The van der Waals surface area contributed by atoms with Crippen LogP contribution in [0.2, 0.25) is 0 Å². The second-order valence-electron chi connectivity index (χ2n) is 7.02. The predicted octanol–water partition coefficient (Wildman–Crippen LogP) is 4.77. The molecule has 27 heavy (non-hydrogen) atoms. The maximum absolute atomic E-state index is 12.6. The average Bonchev–Trinajstić information content (AvgIpc) is 2.68. The van der Waals surface area contributed by atoms with E-state index in [2.05, 4.69) is 12.2 Å². The van der Waals surface area contributed by atoms with Gasteiger partial charge < -0.3 is 4.74 Å². The van der Waals surface area contributed by atoms with Crippen LogP contribution in [0.5, 0.6) is 0 Å². The van der Waals surface area contributed by atoms with Crippen molar-refractivity contribution in [2.45, 2.75) is 69.6 Å². The molecule has 7 heteroatoms. The molecule has 1 saturated heterocycles. The van der Waals surface area contributed by atoms with Crippen LogP contribution in [0.3, 0.4) is 0 Å². The lowest BCUT2D eigenvalue weighted by atomic mass is 10.1. The SMILES string of the molecule is CCCCCCCCOC(=O)Nc1ccc(S(=O)(=O)N2CCCCC2)cc1. The van der Waals surface area contributed by atoms with E-state index < -0.39 is 16.1 Å². The van der Waals surface area contributed by atoms with Gasteiger partial charge in [0.15, 0.2) is 0 Å². The third-order valence-corrected chi connectivity index (χ3v) is 6.70. The Morgan fingerprint density at radius 2 is 1.63 bits per heavy atom. The van der Waals surface area contributed by atoms with E-state index >= 15 is 0 Å². The number of benzene rings is 1. The van der Waals surface area contributed by atoms with Crippen molar-refractivity contribution in [3.8, 4) is 0 Å². The minimum Gasteiger partial charge on any atom is -0.449 e. The molecule has 1 aliphatic rings. The van der Waals surface area contributed by atoms with Crippen molar-refractivity contribution in [2.75, 3.05) is 25.0 Å². The molecule has 0 aliphatic carbocycles. The van der Waals surface area contributed by atoms with Crippen LogP contribution in [0.1, 0.15) is 64.7 Å². The van der Waals surface area contributed by atoms with Gasteiger partial charge in [0.1, 0.15) is 0 Å². The number of piperidine rings is 1. The first-order chi connectivity index (χ1) is 13.0. The highest BCUT2D eigenvalue weighted by atomic mass is 32.2. The van der Waals surface area contributed by atoms with E-state index in [9.17, 15) is 13.2 Å². The summed E-state index contributed by atoms with van der Waals surface area (Å²) in [4.78, 5) is 12.1. The highest BCUT2D eigenvalue weighted by molar-refractivity contribution is 7.89. The Balaban J connectivity index is 1.75. The largest absolute Gasteiger partial charge is 0.449 e. The van der Waals surface area contributed by atoms with Gasteiger partial charge in [-0.25, -0.2) is 13.2 Å². The van der Waals surface area contributed by atoms with Crippen LogP contribution in [0.4, 0.5) is 10.5 Å². The van der Waals surface area contributed by atoms with E-state index in [0.29, 0.717) is 25.4 Å². The molecule has 152 valence electrons. The van der Waals surface area contributed by atoms with Crippen molar-refractivity contribution in [3.05, 3.63) is 24.3 Å². The summed E-state index contributed by atoms with van der Waals surface area (Å²) < 4.78 is 31.9. The third-order valence-electron chi connectivity index (χ3n) is 4.78. The van der Waals surface area contributed by atoms with Gasteiger partial charge in [-0.05, 0) is 43.5 Å². The molecule has 1 heterocycles. The predicted molar refractivity (Wildman–Crippen MR) is 107 cm³/mol. The van der Waals surface area contributed by atoms with Crippen molar-refractivity contribution in [2.24, 2.45) is 0 Å². The number of nitrogens with zero attached hydrogens (tertiary/aromatic N) is 1. The Morgan fingerprint density at radius 1 is 1.00 bits per heavy atom. The maximum Gasteiger partial charge on any atom is 0.411 e. The highest BCUT2D eigenvalue weighted by Crippen LogP contribution is 2.22. The van der Waals surface area contributed by atoms with Gasteiger partial charge in [-0.15, -0.1) is 0 Å². The first kappa shape index (κ1) is 21.7. The number of carbonyl (C=O) groups is 1. The fraction of sp³-hybridized carbons (Fsp3) is 0.650. The van der Waals surface area contributed by atoms with Gasteiger partial charge in [0.25, 0.3) is 0 Å². The van der Waals surface area contributed by atoms with Gasteiger partial charge in [0.2, 0.25) is 10.0 Å². The Hall–Kier alpha value is -1.60. The van der Waals surface area contributed by atoms with Crippen LogP contribution in [-0.2, 0) is 14.8 Å². The van der Waals surface area contributed by atoms with Gasteiger partial charge in [-0.2, -0.15) is 4.31 Å². The Morgan fingerprint density at radius 3 is 2.30 bits per heavy atom. The van der Waals surface area contributed by atoms with Crippen LogP contribution >= 0.6 is 0 Å². The molecular formula is C20H32N2O4S. The molecule has 0 aromatic heterocycles. The summed E-state index contributed by atoms with van der Waals surface area (Å²) in [5, 5.41) is 2.64. The van der Waals surface area contributed by atoms with Crippen molar-refractivity contribution < 1.29 is 17.9 Å². The third kappa shape index (κ3) is 7.14. The molecule has 0 spiro atoms. The van der Waals surface area contributed by atoms with Gasteiger partial charge in [-0.1, -0.05) is 45.4 Å². The quantitative estimate of drug-likeness (QED) is 0.578. The zero-order valence-electron chi connectivity index (χ0n) is 16.3. The zero-order valence-corrected chi connectivity index (χ0v) is 17.1. The Kier molecular flexibility index (Phi) is 9.07. The number of unbranched alkanes of at least 4 members (excludes halogenated alkanes) is 5. The topological polar surface area (TPSA) is 75.7 Å². The summed E-state index contributed by atoms with van der Waals surface area (Å²) in [6.45, 7) is 3.74. The summed E-state index contributed by atoms with van der Waals surface area (Å²) in [6.07, 6.45) is 9.20. The van der Waals surface area contributed by atoms with Gasteiger partial charge in [-0.3, -0.25) is 5.32 Å². The molecule has 1 amide bonds. The number of nitrogens with one attached hydrogen (secondary N) is 1. The highest BCUT2D eigenvalue weighted by Gasteiger charge is 2.25. The lowest BCUT2D eigenvalue weighted by Gasteiger charge is -2.25. The molecule has 0 saturated carbocycles. The summed E-state index contributed by atoms with van der Waals surface area (Å²) in [5.41, 5.74) is 0.528. The molecular weight excluding hydrogens is 364 g/mol. The summed E-state index contributed by atoms with van der Waals surface area (Å²) >= 11 is 0. The van der Waals surface area contributed by atoms with Crippen LogP contribution in [-0.4, -0.2) is 38.5 Å². The Labute approximate surface area is 163 Å². The normalized spacial score (nSPS) is 15.4. The summed E-state index contributed by atoms with van der Waals surface area (Å²) in [5.74, 6) is 0. The molecule has 0 atom stereocenters. The van der Waals surface area contributed by atoms with E-state index in [0.717, 1.165) is 32.1 Å². The first-order valence-electron chi connectivity index (χ1n) is 10.1. The van der Waals surface area contributed by atoms with Crippen molar-refractivity contribution in [3.63, 3.8) is 0 Å². The molecule has 1 aliphatic heterocycles. The van der Waals surface area contributed by atoms with E-state index in [1.165, 1.54) is 42.1 Å². The van der Waals surface area contributed by atoms with E-state index in [1.54, 1.807) is 12.1 Å². The van der Waals surface area contributed by atoms with E-state index in [1.807, 2.05) is 0 Å². The van der Waals surface area contributed by atoms with Crippen LogP contribution in [0, 0.1) is 0 Å². The lowest BCUT2D eigenvalue weighted by Crippen LogP contribution is -2.35. The number of carbonyl (C=O) groups excluding carboxylic acids is 1. The minimum absolute atomic E-state index is 0.260. The molecule has 1 aromatic rings. The molecule has 1 fully saturated rings. The number of anilines is 1. The van der Waals surface area contributed by atoms with Gasteiger partial charge >= 0.3 is 6.09 Å². The molecule has 2 rings (SSSR count). The van der Waals surface area contributed by atoms with Crippen LogP contribution in [0.15, 0.2) is 29.2 Å². The number of sulfonamides is 1. The minimum atomic E-state index is -3.45. The number of hydrogen-bond acceptors (Lipinski definition) is 4. The second-order valence-corrected chi connectivity index (χ2v) is 8.96. The van der Waals surface area contributed by atoms with E-state index in [4.69, 9.17) is 4.74 Å². The van der Waals surface area contributed by atoms with Crippen LogP contribution in [0.25, 0.3) is 0 Å². The molecule has 1 aromatic carbocycles. The summed E-state index contributed by atoms with van der Waals surface area (Å²) in [7, 11) is -3.45. The van der Waals surface area contributed by atoms with Crippen molar-refractivity contribution in [1.82, 2.24) is 4.31 Å². The van der Waals surface area contributed by atoms with Crippen molar-refractivity contribution >= 4 is 21.8 Å². The number of ether oxygens (including phenoxy) is 1. The van der Waals surface area contributed by atoms with Crippen LogP contribution < -0.4 is 5.32 Å². The first-order valence-corrected chi connectivity index (χ1v) is 11.5. The van der Waals surface area contributed by atoms with E-state index in [-0.39, 0.29) is 4.90 Å². The lowest BCUT2D eigenvalue weighted by molar-refractivity contribution is 0.159. The number of amides is 1. The summed E-state index contributed by atoms with van der Waals surface area (Å²) in [6, 6.07) is 6.27. The maximum atomic E-state index is 12.6. The fourth-order valence-corrected chi connectivity index (χ4v) is 4.68. The standard InChI is InChI=1S/C20H32N2O4S/c1-2-3-4-5-6-10-17-26-20(23)21-18-11-13-19(14-12-18)27(24,25)22-15-8-7-9-16-22/h11-14H,2-10,15-17H2,1H3,(H,21,23). The molecule has 6 nitrogen and oxygen atoms in total. The Bertz CT molecular complexity index is 668. The average molecular weight is 397 g/mol. The molecule has 0 bridgehead atoms. The van der Waals surface area contributed by atoms with Gasteiger partial charge in [0, 0.05) is 18.8 Å². The second kappa shape index (κ2) is 11.3. The monoisotopic (exact) mass is 396 g/mol.